The molecule has 0 amide bonds. The Balaban J connectivity index is 1.98. The van der Waals surface area contributed by atoms with Crippen molar-refractivity contribution in [3.63, 3.8) is 0 Å². The number of hydrogen-bond donors (Lipinski definition) is 0. The number of esters is 1. The average Bonchev–Trinajstić information content (AvgIpc) is 3.08. The Labute approximate surface area is 109 Å². The summed E-state index contributed by atoms with van der Waals surface area (Å²) in [5, 5.41) is 0. The largest absolute Gasteiger partial charge is 0.467 e. The smallest absolute Gasteiger partial charge is 0.337 e. The van der Waals surface area contributed by atoms with Crippen molar-refractivity contribution in [3.8, 4) is 0 Å². The van der Waals surface area contributed by atoms with E-state index >= 15 is 0 Å². The van der Waals surface area contributed by atoms with E-state index in [0.717, 1.165) is 16.8 Å². The molecule has 3 rings (SSSR count). The quantitative estimate of drug-likeness (QED) is 0.675. The van der Waals surface area contributed by atoms with Crippen LogP contribution in [0.25, 0.3) is 11.0 Å². The van der Waals surface area contributed by atoms with Gasteiger partial charge in [-0.05, 0) is 30.3 Å². The summed E-state index contributed by atoms with van der Waals surface area (Å²) < 4.78 is 12.0. The fourth-order valence-electron chi connectivity index (χ4n) is 2.01. The van der Waals surface area contributed by atoms with Gasteiger partial charge in [-0.15, -0.1) is 0 Å². The van der Waals surface area contributed by atoms with Gasteiger partial charge in [-0.1, -0.05) is 0 Å². The first-order chi connectivity index (χ1) is 9.28. The van der Waals surface area contributed by atoms with Gasteiger partial charge in [0.2, 0.25) is 0 Å². The fraction of sp³-hybridized carbons (Fsp3) is 0.143. The van der Waals surface area contributed by atoms with Gasteiger partial charge in [0.1, 0.15) is 5.76 Å². The minimum absolute atomic E-state index is 0.359. The average molecular weight is 256 g/mol. The lowest BCUT2D eigenvalue weighted by Crippen LogP contribution is -2.01. The van der Waals surface area contributed by atoms with E-state index in [1.54, 1.807) is 24.7 Å². The summed E-state index contributed by atoms with van der Waals surface area (Å²) in [6.45, 7) is 0.612. The van der Waals surface area contributed by atoms with E-state index in [-0.39, 0.29) is 5.97 Å². The molecule has 0 aliphatic heterocycles. The highest BCUT2D eigenvalue weighted by Crippen LogP contribution is 2.17. The van der Waals surface area contributed by atoms with Crippen LogP contribution in [0, 0.1) is 0 Å². The van der Waals surface area contributed by atoms with Crippen LogP contribution in [-0.4, -0.2) is 22.6 Å². The zero-order valence-electron chi connectivity index (χ0n) is 10.4. The topological polar surface area (TPSA) is 57.3 Å². The maximum absolute atomic E-state index is 11.4. The first-order valence-corrected chi connectivity index (χ1v) is 5.83. The van der Waals surface area contributed by atoms with Gasteiger partial charge in [-0.2, -0.15) is 0 Å². The molecule has 0 aliphatic carbocycles. The number of hydrogen-bond acceptors (Lipinski definition) is 4. The molecule has 5 heteroatoms. The number of rotatable bonds is 3. The first-order valence-electron chi connectivity index (χ1n) is 5.83. The molecule has 0 unspecified atom stereocenters. The van der Waals surface area contributed by atoms with Crippen LogP contribution in [0.2, 0.25) is 0 Å². The molecule has 3 aromatic rings. The van der Waals surface area contributed by atoms with Gasteiger partial charge in [-0.3, -0.25) is 0 Å². The van der Waals surface area contributed by atoms with E-state index < -0.39 is 0 Å². The Morgan fingerprint density at radius 1 is 1.42 bits per heavy atom. The molecule has 96 valence electrons. The zero-order chi connectivity index (χ0) is 13.2. The van der Waals surface area contributed by atoms with Crippen molar-refractivity contribution in [2.45, 2.75) is 6.54 Å². The molecule has 2 aromatic heterocycles. The summed E-state index contributed by atoms with van der Waals surface area (Å²) in [5.74, 6) is 0.499. The van der Waals surface area contributed by atoms with E-state index in [9.17, 15) is 4.79 Å². The van der Waals surface area contributed by atoms with Gasteiger partial charge >= 0.3 is 5.97 Å². The third kappa shape index (κ3) is 2.10. The predicted octanol–water partition coefficient (Wildman–Crippen LogP) is 2.46. The molecule has 0 fully saturated rings. The normalized spacial score (nSPS) is 10.8. The molecule has 2 heterocycles. The van der Waals surface area contributed by atoms with Crippen LogP contribution < -0.4 is 0 Å². The summed E-state index contributed by atoms with van der Waals surface area (Å²) in [6, 6.07) is 9.07. The molecular formula is C14H12N2O3. The van der Waals surface area contributed by atoms with E-state index in [2.05, 4.69) is 9.72 Å². The minimum atomic E-state index is -0.359. The van der Waals surface area contributed by atoms with E-state index in [1.807, 2.05) is 22.8 Å². The lowest BCUT2D eigenvalue weighted by atomic mass is 10.2. The zero-order valence-corrected chi connectivity index (χ0v) is 10.4. The molecule has 5 nitrogen and oxygen atoms in total. The second-order valence-electron chi connectivity index (χ2n) is 4.15. The number of furan rings is 1. The first kappa shape index (κ1) is 11.5. The Morgan fingerprint density at radius 3 is 3.05 bits per heavy atom. The van der Waals surface area contributed by atoms with Crippen LogP contribution in [0.5, 0.6) is 0 Å². The SMILES string of the molecule is COC(=O)c1ccc2c(c1)ncn2Cc1ccco1. The van der Waals surface area contributed by atoms with E-state index in [4.69, 9.17) is 4.42 Å². The molecule has 0 radical (unpaired) electrons. The maximum Gasteiger partial charge on any atom is 0.337 e. The van der Waals surface area contributed by atoms with E-state index in [1.165, 1.54) is 7.11 Å². The number of ether oxygens (including phenoxy) is 1. The molecule has 1 aromatic carbocycles. The molecule has 0 saturated heterocycles. The van der Waals surface area contributed by atoms with Crippen LogP contribution in [0.3, 0.4) is 0 Å². The van der Waals surface area contributed by atoms with Crippen molar-refractivity contribution in [2.75, 3.05) is 7.11 Å². The molecule has 0 bridgehead atoms. The van der Waals surface area contributed by atoms with Crippen molar-refractivity contribution in [2.24, 2.45) is 0 Å². The number of nitrogens with zero attached hydrogens (tertiary/aromatic N) is 2. The number of benzene rings is 1. The van der Waals surface area contributed by atoms with Gasteiger partial charge in [0.25, 0.3) is 0 Å². The Bertz CT molecular complexity index is 713. The Kier molecular flexibility index (Phi) is 2.79. The summed E-state index contributed by atoms with van der Waals surface area (Å²) in [5.41, 5.74) is 2.21. The van der Waals surface area contributed by atoms with Crippen molar-refractivity contribution in [1.82, 2.24) is 9.55 Å². The van der Waals surface area contributed by atoms with E-state index in [0.29, 0.717) is 12.1 Å². The van der Waals surface area contributed by atoms with Crippen molar-refractivity contribution >= 4 is 17.0 Å². The van der Waals surface area contributed by atoms with Gasteiger partial charge in [0, 0.05) is 0 Å². The van der Waals surface area contributed by atoms with Crippen LogP contribution in [0.1, 0.15) is 16.1 Å². The summed E-state index contributed by atoms with van der Waals surface area (Å²) in [6.07, 6.45) is 3.37. The lowest BCUT2D eigenvalue weighted by molar-refractivity contribution is 0.0601. The lowest BCUT2D eigenvalue weighted by Gasteiger charge is -2.02. The summed E-state index contributed by atoms with van der Waals surface area (Å²) in [4.78, 5) is 15.7. The highest BCUT2D eigenvalue weighted by molar-refractivity contribution is 5.93. The number of carbonyl (C=O) groups excluding carboxylic acids is 1. The number of imidazole rings is 1. The van der Waals surface area contributed by atoms with Gasteiger partial charge in [-0.25, -0.2) is 9.78 Å². The monoisotopic (exact) mass is 256 g/mol. The number of methoxy groups -OCH3 is 1. The molecule has 0 atom stereocenters. The number of carbonyl (C=O) groups is 1. The molecular weight excluding hydrogens is 244 g/mol. The highest BCUT2D eigenvalue weighted by Gasteiger charge is 2.09. The van der Waals surface area contributed by atoms with Gasteiger partial charge < -0.3 is 13.7 Å². The maximum atomic E-state index is 11.4. The van der Waals surface area contributed by atoms with Crippen molar-refractivity contribution < 1.29 is 13.9 Å². The number of aromatic nitrogens is 2. The highest BCUT2D eigenvalue weighted by atomic mass is 16.5. The van der Waals surface area contributed by atoms with Crippen molar-refractivity contribution in [1.29, 1.82) is 0 Å². The minimum Gasteiger partial charge on any atom is -0.467 e. The van der Waals surface area contributed by atoms with Crippen LogP contribution in [0.4, 0.5) is 0 Å². The molecule has 0 aliphatic rings. The van der Waals surface area contributed by atoms with Crippen LogP contribution in [-0.2, 0) is 11.3 Å². The second-order valence-corrected chi connectivity index (χ2v) is 4.15. The van der Waals surface area contributed by atoms with Gasteiger partial charge in [0.05, 0.1) is 42.8 Å². The fourth-order valence-corrected chi connectivity index (χ4v) is 2.01. The third-order valence-electron chi connectivity index (χ3n) is 2.95. The van der Waals surface area contributed by atoms with Crippen LogP contribution in [0.15, 0.2) is 47.3 Å². The Morgan fingerprint density at radius 2 is 2.32 bits per heavy atom. The number of fused-ring (bicyclic) bond motifs is 1. The van der Waals surface area contributed by atoms with Gasteiger partial charge in [0.15, 0.2) is 0 Å². The molecule has 0 spiro atoms. The molecule has 19 heavy (non-hydrogen) atoms. The van der Waals surface area contributed by atoms with Crippen molar-refractivity contribution in [3.05, 3.63) is 54.2 Å². The standard InChI is InChI=1S/C14H12N2O3/c1-18-14(17)10-4-5-13-12(7-10)15-9-16(13)8-11-3-2-6-19-11/h2-7,9H,8H2,1H3. The molecule has 0 N–H and O–H groups in total. The third-order valence-corrected chi connectivity index (χ3v) is 2.95. The predicted molar refractivity (Wildman–Crippen MR) is 68.9 cm³/mol. The van der Waals surface area contributed by atoms with Crippen LogP contribution >= 0.6 is 0 Å². The summed E-state index contributed by atoms with van der Waals surface area (Å²) in [7, 11) is 1.36. The summed E-state index contributed by atoms with van der Waals surface area (Å²) >= 11 is 0. The Hall–Kier alpha value is -2.56. The second kappa shape index (κ2) is 4.61. The molecule has 0 saturated carbocycles.